The second-order valence-electron chi connectivity index (χ2n) is 4.02. The van der Waals surface area contributed by atoms with Crippen molar-refractivity contribution in [3.63, 3.8) is 0 Å². The summed E-state index contributed by atoms with van der Waals surface area (Å²) in [4.78, 5) is 0. The summed E-state index contributed by atoms with van der Waals surface area (Å²) < 4.78 is 5.77. The maximum absolute atomic E-state index is 5.93. The van der Waals surface area contributed by atoms with Crippen LogP contribution in [0.3, 0.4) is 0 Å². The zero-order valence-corrected chi connectivity index (χ0v) is 11.4. The number of hydrogen-bond acceptors (Lipinski definition) is 2. The summed E-state index contributed by atoms with van der Waals surface area (Å²) in [6.45, 7) is 2.44. The highest BCUT2D eigenvalue weighted by Crippen LogP contribution is 2.30. The lowest BCUT2D eigenvalue weighted by Gasteiger charge is -2.11. The van der Waals surface area contributed by atoms with E-state index in [1.54, 1.807) is 18.2 Å². The fourth-order valence-electron chi connectivity index (χ4n) is 1.68. The number of halogens is 2. The monoisotopic (exact) mass is 281 g/mol. The van der Waals surface area contributed by atoms with Gasteiger partial charge < -0.3 is 10.5 Å². The van der Waals surface area contributed by atoms with Crippen LogP contribution >= 0.6 is 23.2 Å². The molecule has 0 aromatic heterocycles. The second-order valence-corrected chi connectivity index (χ2v) is 4.90. The van der Waals surface area contributed by atoms with Crippen LogP contribution in [0.2, 0.25) is 10.0 Å². The first-order valence-electron chi connectivity index (χ1n) is 5.52. The van der Waals surface area contributed by atoms with E-state index >= 15 is 0 Å². The summed E-state index contributed by atoms with van der Waals surface area (Å²) in [5.41, 5.74) is 7.80. The fraction of sp³-hybridized carbons (Fsp3) is 0.143. The van der Waals surface area contributed by atoms with Crippen molar-refractivity contribution in [1.82, 2.24) is 0 Å². The van der Waals surface area contributed by atoms with E-state index in [-0.39, 0.29) is 0 Å². The molecule has 4 heteroatoms. The average Bonchev–Trinajstić information content (AvgIpc) is 2.30. The first-order chi connectivity index (χ1) is 8.58. The molecule has 0 aliphatic rings. The van der Waals surface area contributed by atoms with E-state index in [9.17, 15) is 0 Å². The van der Waals surface area contributed by atoms with Gasteiger partial charge in [0, 0.05) is 22.2 Å². The van der Waals surface area contributed by atoms with E-state index in [0.717, 1.165) is 16.9 Å². The molecule has 0 aliphatic carbocycles. The van der Waals surface area contributed by atoms with Crippen molar-refractivity contribution < 1.29 is 4.74 Å². The Morgan fingerprint density at radius 1 is 1.06 bits per heavy atom. The Morgan fingerprint density at radius 3 is 2.33 bits per heavy atom. The Kier molecular flexibility index (Phi) is 4.12. The molecule has 0 fully saturated rings. The standard InChI is InChI=1S/C14H13Cl2NO/c1-9-2-3-14(10(4-9)8-17)18-13-6-11(15)5-12(16)7-13/h2-7H,8,17H2,1H3. The van der Waals surface area contributed by atoms with Crippen molar-refractivity contribution in [2.45, 2.75) is 13.5 Å². The first kappa shape index (κ1) is 13.2. The number of ether oxygens (including phenoxy) is 1. The van der Waals surface area contributed by atoms with Gasteiger partial charge in [-0.25, -0.2) is 0 Å². The molecule has 18 heavy (non-hydrogen) atoms. The topological polar surface area (TPSA) is 35.2 Å². The number of benzene rings is 2. The third-order valence-corrected chi connectivity index (χ3v) is 2.94. The minimum atomic E-state index is 0.422. The quantitative estimate of drug-likeness (QED) is 0.896. The molecule has 2 aromatic carbocycles. The fourth-order valence-corrected chi connectivity index (χ4v) is 2.19. The summed E-state index contributed by atoms with van der Waals surface area (Å²) >= 11 is 11.9. The maximum atomic E-state index is 5.93. The molecule has 0 atom stereocenters. The molecule has 0 unspecified atom stereocenters. The van der Waals surface area contributed by atoms with E-state index < -0.39 is 0 Å². The zero-order chi connectivity index (χ0) is 13.1. The Hall–Kier alpha value is -1.22. The molecule has 0 bridgehead atoms. The lowest BCUT2D eigenvalue weighted by molar-refractivity contribution is 0.476. The molecule has 0 spiro atoms. The Labute approximate surface area is 116 Å². The molecule has 0 saturated heterocycles. The third kappa shape index (κ3) is 3.16. The van der Waals surface area contributed by atoms with Gasteiger partial charge in [-0.05, 0) is 31.2 Å². The molecule has 0 amide bonds. The van der Waals surface area contributed by atoms with Gasteiger partial charge in [0.15, 0.2) is 0 Å². The van der Waals surface area contributed by atoms with Gasteiger partial charge in [-0.3, -0.25) is 0 Å². The summed E-state index contributed by atoms with van der Waals surface area (Å²) in [5.74, 6) is 1.33. The van der Waals surface area contributed by atoms with Crippen molar-refractivity contribution in [2.75, 3.05) is 0 Å². The van der Waals surface area contributed by atoms with Crippen LogP contribution in [0.1, 0.15) is 11.1 Å². The van der Waals surface area contributed by atoms with Crippen molar-refractivity contribution in [2.24, 2.45) is 5.73 Å². The lowest BCUT2D eigenvalue weighted by Crippen LogP contribution is -2.00. The smallest absolute Gasteiger partial charge is 0.131 e. The first-order valence-corrected chi connectivity index (χ1v) is 6.27. The lowest BCUT2D eigenvalue weighted by atomic mass is 10.1. The molecule has 2 aromatic rings. The number of hydrogen-bond donors (Lipinski definition) is 1. The molecule has 2 rings (SSSR count). The van der Waals surface area contributed by atoms with Crippen molar-refractivity contribution in [3.05, 3.63) is 57.6 Å². The minimum absolute atomic E-state index is 0.422. The van der Waals surface area contributed by atoms with E-state index in [0.29, 0.717) is 22.3 Å². The van der Waals surface area contributed by atoms with Crippen LogP contribution in [-0.4, -0.2) is 0 Å². The van der Waals surface area contributed by atoms with Gasteiger partial charge in [-0.2, -0.15) is 0 Å². The van der Waals surface area contributed by atoms with Crippen molar-refractivity contribution in [1.29, 1.82) is 0 Å². The highest BCUT2D eigenvalue weighted by molar-refractivity contribution is 6.34. The van der Waals surface area contributed by atoms with Crippen LogP contribution in [0.15, 0.2) is 36.4 Å². The van der Waals surface area contributed by atoms with Gasteiger partial charge in [0.1, 0.15) is 11.5 Å². The molecule has 2 N–H and O–H groups in total. The number of aryl methyl sites for hydroxylation is 1. The normalized spacial score (nSPS) is 10.4. The van der Waals surface area contributed by atoms with Crippen molar-refractivity contribution in [3.8, 4) is 11.5 Å². The van der Waals surface area contributed by atoms with Gasteiger partial charge in [-0.1, -0.05) is 40.9 Å². The maximum Gasteiger partial charge on any atom is 0.131 e. The summed E-state index contributed by atoms with van der Waals surface area (Å²) in [6, 6.07) is 11.0. The Bertz CT molecular complexity index is 549. The summed E-state index contributed by atoms with van der Waals surface area (Å²) in [7, 11) is 0. The molecule has 0 aliphatic heterocycles. The van der Waals surface area contributed by atoms with Crippen LogP contribution in [0.4, 0.5) is 0 Å². The van der Waals surface area contributed by atoms with Crippen LogP contribution in [0.5, 0.6) is 11.5 Å². The molecular formula is C14H13Cl2NO. The van der Waals surface area contributed by atoms with Crippen LogP contribution in [-0.2, 0) is 6.54 Å². The van der Waals surface area contributed by atoms with Gasteiger partial charge in [0.25, 0.3) is 0 Å². The molecule has 0 heterocycles. The average molecular weight is 282 g/mol. The van der Waals surface area contributed by atoms with Gasteiger partial charge in [0.05, 0.1) is 0 Å². The highest BCUT2D eigenvalue weighted by Gasteiger charge is 2.05. The van der Waals surface area contributed by atoms with E-state index in [1.807, 2.05) is 25.1 Å². The molecule has 0 radical (unpaired) electrons. The Morgan fingerprint density at radius 2 is 1.72 bits per heavy atom. The molecule has 94 valence electrons. The second kappa shape index (κ2) is 5.61. The van der Waals surface area contributed by atoms with E-state index in [4.69, 9.17) is 33.7 Å². The van der Waals surface area contributed by atoms with E-state index in [2.05, 4.69) is 0 Å². The predicted octanol–water partition coefficient (Wildman–Crippen LogP) is 4.55. The molecule has 2 nitrogen and oxygen atoms in total. The molecular weight excluding hydrogens is 269 g/mol. The largest absolute Gasteiger partial charge is 0.457 e. The minimum Gasteiger partial charge on any atom is -0.457 e. The number of nitrogens with two attached hydrogens (primary N) is 1. The van der Waals surface area contributed by atoms with Gasteiger partial charge in [-0.15, -0.1) is 0 Å². The van der Waals surface area contributed by atoms with Crippen LogP contribution in [0.25, 0.3) is 0 Å². The Balaban J connectivity index is 2.33. The number of rotatable bonds is 3. The predicted molar refractivity (Wildman–Crippen MR) is 75.6 cm³/mol. The third-order valence-electron chi connectivity index (χ3n) is 2.50. The van der Waals surface area contributed by atoms with E-state index in [1.165, 1.54) is 0 Å². The van der Waals surface area contributed by atoms with Crippen molar-refractivity contribution >= 4 is 23.2 Å². The highest BCUT2D eigenvalue weighted by atomic mass is 35.5. The van der Waals surface area contributed by atoms with Crippen LogP contribution < -0.4 is 10.5 Å². The van der Waals surface area contributed by atoms with Crippen LogP contribution in [0, 0.1) is 6.92 Å². The SMILES string of the molecule is Cc1ccc(Oc2cc(Cl)cc(Cl)c2)c(CN)c1. The summed E-state index contributed by atoms with van der Waals surface area (Å²) in [6.07, 6.45) is 0. The van der Waals surface area contributed by atoms with Gasteiger partial charge >= 0.3 is 0 Å². The molecule has 0 saturated carbocycles. The van der Waals surface area contributed by atoms with Gasteiger partial charge in [0.2, 0.25) is 0 Å². The zero-order valence-electron chi connectivity index (χ0n) is 9.91. The summed E-state index contributed by atoms with van der Waals surface area (Å²) in [5, 5.41) is 1.08.